The van der Waals surface area contributed by atoms with E-state index in [1.54, 1.807) is 0 Å². The second kappa shape index (κ2) is 4.73. The number of ether oxygens (including phenoxy) is 1. The van der Waals surface area contributed by atoms with Gasteiger partial charge in [-0.2, -0.15) is 0 Å². The molecule has 0 rings (SSSR count). The SMILES string of the molecule is C=C(COC(=O)Cl)NC(C)=O. The molecule has 0 radical (unpaired) electrons. The van der Waals surface area contributed by atoms with Gasteiger partial charge in [-0.15, -0.1) is 0 Å². The molecule has 0 aliphatic carbocycles. The van der Waals surface area contributed by atoms with Gasteiger partial charge in [0.05, 0.1) is 0 Å². The molecule has 0 aromatic heterocycles. The Bertz CT molecular complexity index is 190. The molecule has 0 aromatic carbocycles. The molecule has 0 heterocycles. The molecule has 1 amide bonds. The quantitative estimate of drug-likeness (QED) is 0.655. The summed E-state index contributed by atoms with van der Waals surface area (Å²) in [5, 5.41) is 2.33. The van der Waals surface area contributed by atoms with Crippen LogP contribution in [0.25, 0.3) is 0 Å². The number of carbonyl (C=O) groups excluding carboxylic acids is 2. The summed E-state index contributed by atoms with van der Waals surface area (Å²) in [6, 6.07) is 0. The lowest BCUT2D eigenvalue weighted by Gasteiger charge is -2.03. The molecular formula is C6H8ClNO3. The van der Waals surface area contributed by atoms with Crippen LogP contribution in [0.1, 0.15) is 6.92 Å². The first-order valence-corrected chi connectivity index (χ1v) is 3.18. The van der Waals surface area contributed by atoms with E-state index in [4.69, 9.17) is 11.6 Å². The topological polar surface area (TPSA) is 55.4 Å². The van der Waals surface area contributed by atoms with E-state index in [9.17, 15) is 9.59 Å². The van der Waals surface area contributed by atoms with E-state index in [1.807, 2.05) is 0 Å². The number of amides is 1. The molecule has 1 N–H and O–H groups in total. The van der Waals surface area contributed by atoms with Gasteiger partial charge in [-0.3, -0.25) is 4.79 Å². The lowest BCUT2D eigenvalue weighted by atomic mass is 10.5. The highest BCUT2D eigenvalue weighted by atomic mass is 35.5. The van der Waals surface area contributed by atoms with Crippen LogP contribution in [-0.2, 0) is 9.53 Å². The standard InChI is InChI=1S/C6H8ClNO3/c1-4(8-5(2)9)3-11-6(7)10/h1,3H2,2H3,(H,8,9). The second-order valence-corrected chi connectivity index (χ2v) is 2.12. The van der Waals surface area contributed by atoms with Gasteiger partial charge in [0.1, 0.15) is 6.61 Å². The highest BCUT2D eigenvalue weighted by Crippen LogP contribution is 1.91. The fraction of sp³-hybridized carbons (Fsp3) is 0.333. The van der Waals surface area contributed by atoms with Gasteiger partial charge >= 0.3 is 5.43 Å². The van der Waals surface area contributed by atoms with Crippen LogP contribution in [0.15, 0.2) is 12.3 Å². The van der Waals surface area contributed by atoms with Crippen molar-refractivity contribution in [3.63, 3.8) is 0 Å². The van der Waals surface area contributed by atoms with Crippen molar-refractivity contribution in [1.82, 2.24) is 5.32 Å². The summed E-state index contributed by atoms with van der Waals surface area (Å²) in [7, 11) is 0. The highest BCUT2D eigenvalue weighted by Gasteiger charge is 1.99. The Morgan fingerprint density at radius 3 is 2.55 bits per heavy atom. The predicted molar refractivity (Wildman–Crippen MR) is 40.2 cm³/mol. The van der Waals surface area contributed by atoms with Crippen molar-refractivity contribution in [2.75, 3.05) is 6.61 Å². The van der Waals surface area contributed by atoms with E-state index in [0.29, 0.717) is 5.70 Å². The Kier molecular flexibility index (Phi) is 4.29. The fourth-order valence-corrected chi connectivity index (χ4v) is 0.483. The monoisotopic (exact) mass is 177 g/mol. The zero-order valence-corrected chi connectivity index (χ0v) is 6.77. The molecular weight excluding hydrogens is 170 g/mol. The van der Waals surface area contributed by atoms with Crippen LogP contribution in [0.5, 0.6) is 0 Å². The first-order valence-electron chi connectivity index (χ1n) is 2.80. The number of carbonyl (C=O) groups is 2. The Hall–Kier alpha value is -1.03. The zero-order valence-electron chi connectivity index (χ0n) is 6.02. The number of halogens is 1. The van der Waals surface area contributed by atoms with Crippen LogP contribution in [0.2, 0.25) is 0 Å². The minimum atomic E-state index is -0.920. The Morgan fingerprint density at radius 1 is 1.64 bits per heavy atom. The Labute approximate surface area is 69.2 Å². The van der Waals surface area contributed by atoms with E-state index in [1.165, 1.54) is 6.92 Å². The van der Waals surface area contributed by atoms with E-state index in [0.717, 1.165) is 0 Å². The highest BCUT2D eigenvalue weighted by molar-refractivity contribution is 6.61. The molecule has 4 nitrogen and oxygen atoms in total. The summed E-state index contributed by atoms with van der Waals surface area (Å²) in [5.74, 6) is -0.263. The van der Waals surface area contributed by atoms with Gasteiger partial charge in [0.25, 0.3) is 0 Å². The first kappa shape index (κ1) is 9.97. The molecule has 0 bridgehead atoms. The van der Waals surface area contributed by atoms with E-state index < -0.39 is 5.43 Å². The van der Waals surface area contributed by atoms with Gasteiger partial charge in [-0.25, -0.2) is 4.79 Å². The third-order valence-corrected chi connectivity index (χ3v) is 0.822. The molecule has 0 fully saturated rings. The van der Waals surface area contributed by atoms with E-state index >= 15 is 0 Å². The van der Waals surface area contributed by atoms with Crippen molar-refractivity contribution >= 4 is 22.9 Å². The van der Waals surface area contributed by atoms with Crippen LogP contribution in [-0.4, -0.2) is 17.9 Å². The molecule has 62 valence electrons. The molecule has 11 heavy (non-hydrogen) atoms. The van der Waals surface area contributed by atoms with Gasteiger partial charge in [0.15, 0.2) is 0 Å². The third kappa shape index (κ3) is 6.86. The summed E-state index contributed by atoms with van der Waals surface area (Å²) in [6.45, 7) is 4.63. The van der Waals surface area contributed by atoms with Crippen molar-refractivity contribution in [1.29, 1.82) is 0 Å². The van der Waals surface area contributed by atoms with Gasteiger partial charge in [0, 0.05) is 24.2 Å². The zero-order chi connectivity index (χ0) is 8.85. The summed E-state index contributed by atoms with van der Waals surface area (Å²) < 4.78 is 4.32. The van der Waals surface area contributed by atoms with Crippen LogP contribution >= 0.6 is 11.6 Å². The van der Waals surface area contributed by atoms with Crippen LogP contribution in [0.3, 0.4) is 0 Å². The van der Waals surface area contributed by atoms with Crippen molar-refractivity contribution in [3.8, 4) is 0 Å². The third-order valence-electron chi connectivity index (χ3n) is 0.713. The lowest BCUT2D eigenvalue weighted by Crippen LogP contribution is -2.21. The average Bonchev–Trinajstić information content (AvgIpc) is 1.82. The molecule has 0 spiro atoms. The average molecular weight is 178 g/mol. The van der Waals surface area contributed by atoms with Crippen molar-refractivity contribution in [2.45, 2.75) is 6.92 Å². The number of hydrogen-bond acceptors (Lipinski definition) is 3. The summed E-state index contributed by atoms with van der Waals surface area (Å²) >= 11 is 4.84. The van der Waals surface area contributed by atoms with Gasteiger partial charge < -0.3 is 10.1 Å². The van der Waals surface area contributed by atoms with Crippen molar-refractivity contribution in [2.24, 2.45) is 0 Å². The fourth-order valence-electron chi connectivity index (χ4n) is 0.429. The maximum absolute atomic E-state index is 10.4. The van der Waals surface area contributed by atoms with Crippen LogP contribution < -0.4 is 5.32 Å². The molecule has 0 aliphatic heterocycles. The second-order valence-electron chi connectivity index (χ2n) is 1.81. The summed E-state index contributed by atoms with van der Waals surface area (Å²) in [6.07, 6.45) is 0. The molecule has 0 atom stereocenters. The number of hydrogen-bond donors (Lipinski definition) is 1. The molecule has 0 saturated carbocycles. The molecule has 0 aliphatic rings. The van der Waals surface area contributed by atoms with Gasteiger partial charge in [0.2, 0.25) is 5.91 Å². The van der Waals surface area contributed by atoms with E-state index in [-0.39, 0.29) is 12.5 Å². The molecule has 5 heteroatoms. The van der Waals surface area contributed by atoms with E-state index in [2.05, 4.69) is 16.6 Å². The summed E-state index contributed by atoms with van der Waals surface area (Å²) in [4.78, 5) is 20.4. The minimum Gasteiger partial charge on any atom is -0.447 e. The van der Waals surface area contributed by atoms with Crippen LogP contribution in [0, 0.1) is 0 Å². The maximum Gasteiger partial charge on any atom is 0.404 e. The van der Waals surface area contributed by atoms with Gasteiger partial charge in [-0.1, -0.05) is 6.58 Å². The summed E-state index contributed by atoms with van der Waals surface area (Å²) in [5.41, 5.74) is -0.622. The minimum absolute atomic E-state index is 0.0953. The smallest absolute Gasteiger partial charge is 0.404 e. The molecule has 0 saturated heterocycles. The van der Waals surface area contributed by atoms with Crippen LogP contribution in [0.4, 0.5) is 4.79 Å². The van der Waals surface area contributed by atoms with Gasteiger partial charge in [-0.05, 0) is 0 Å². The maximum atomic E-state index is 10.4. The largest absolute Gasteiger partial charge is 0.447 e. The van der Waals surface area contributed by atoms with Crippen molar-refractivity contribution in [3.05, 3.63) is 12.3 Å². The number of nitrogens with one attached hydrogen (secondary N) is 1. The lowest BCUT2D eigenvalue weighted by molar-refractivity contribution is -0.118. The Balaban J connectivity index is 3.53. The normalized spacial score (nSPS) is 8.55. The Morgan fingerprint density at radius 2 is 2.18 bits per heavy atom. The number of rotatable bonds is 3. The molecule has 0 unspecified atom stereocenters. The van der Waals surface area contributed by atoms with Crippen molar-refractivity contribution < 1.29 is 14.3 Å². The predicted octanol–water partition coefficient (Wildman–Crippen LogP) is 1.01. The molecule has 0 aromatic rings. The first-order chi connectivity index (χ1) is 5.02.